The average molecular weight is 322 g/mol. The first kappa shape index (κ1) is 16.0. The molecule has 1 aromatic heterocycles. The third kappa shape index (κ3) is 3.12. The van der Waals surface area contributed by atoms with Crippen LogP contribution in [0.2, 0.25) is 5.02 Å². The van der Waals surface area contributed by atoms with Gasteiger partial charge in [0.05, 0.1) is 16.9 Å². The SMILES string of the molecule is Cc1nn(-c2ccc(Cl)cc2)cc1C(=O)N(C)C(C)C(=O)O. The Morgan fingerprint density at radius 2 is 1.91 bits per heavy atom. The Kier molecular flexibility index (Phi) is 4.51. The van der Waals surface area contributed by atoms with E-state index in [-0.39, 0.29) is 5.91 Å². The van der Waals surface area contributed by atoms with Crippen molar-refractivity contribution < 1.29 is 14.7 Å². The lowest BCUT2D eigenvalue weighted by molar-refractivity contribution is -0.141. The van der Waals surface area contributed by atoms with E-state index in [0.717, 1.165) is 5.69 Å². The minimum absolute atomic E-state index is 0.366. The summed E-state index contributed by atoms with van der Waals surface area (Å²) in [4.78, 5) is 24.6. The number of rotatable bonds is 4. The molecule has 1 unspecified atom stereocenters. The first-order chi connectivity index (χ1) is 10.3. The highest BCUT2D eigenvalue weighted by atomic mass is 35.5. The highest BCUT2D eigenvalue weighted by Crippen LogP contribution is 2.17. The number of carboxylic acid groups (broad SMARTS) is 1. The Labute approximate surface area is 132 Å². The van der Waals surface area contributed by atoms with Gasteiger partial charge in [0.15, 0.2) is 0 Å². The quantitative estimate of drug-likeness (QED) is 0.938. The van der Waals surface area contributed by atoms with Gasteiger partial charge in [-0.2, -0.15) is 5.10 Å². The molecule has 1 atom stereocenters. The van der Waals surface area contributed by atoms with Gasteiger partial charge in [0.25, 0.3) is 5.91 Å². The Balaban J connectivity index is 2.32. The lowest BCUT2D eigenvalue weighted by Gasteiger charge is -2.20. The fourth-order valence-corrected chi connectivity index (χ4v) is 2.05. The van der Waals surface area contributed by atoms with E-state index in [1.807, 2.05) is 0 Å². The molecule has 22 heavy (non-hydrogen) atoms. The van der Waals surface area contributed by atoms with Gasteiger partial charge in [0.2, 0.25) is 0 Å². The summed E-state index contributed by atoms with van der Waals surface area (Å²) in [6, 6.07) is 6.12. The number of carbonyl (C=O) groups excluding carboxylic acids is 1. The summed E-state index contributed by atoms with van der Waals surface area (Å²) in [6.07, 6.45) is 1.59. The number of carboxylic acids is 1. The van der Waals surface area contributed by atoms with Crippen LogP contribution in [-0.4, -0.2) is 44.8 Å². The Morgan fingerprint density at radius 3 is 2.45 bits per heavy atom. The monoisotopic (exact) mass is 321 g/mol. The molecule has 0 saturated carbocycles. The summed E-state index contributed by atoms with van der Waals surface area (Å²) in [5, 5.41) is 13.9. The van der Waals surface area contributed by atoms with E-state index in [1.54, 1.807) is 42.1 Å². The van der Waals surface area contributed by atoms with Crippen molar-refractivity contribution in [3.8, 4) is 5.69 Å². The molecule has 1 amide bonds. The number of aryl methyl sites for hydroxylation is 1. The van der Waals surface area contributed by atoms with Crippen molar-refractivity contribution in [2.75, 3.05) is 7.05 Å². The van der Waals surface area contributed by atoms with E-state index in [9.17, 15) is 9.59 Å². The lowest BCUT2D eigenvalue weighted by atomic mass is 10.2. The fourth-order valence-electron chi connectivity index (χ4n) is 1.93. The van der Waals surface area contributed by atoms with Crippen LogP contribution in [0, 0.1) is 6.92 Å². The molecule has 0 saturated heterocycles. The topological polar surface area (TPSA) is 75.4 Å². The first-order valence-corrected chi connectivity index (χ1v) is 7.01. The van der Waals surface area contributed by atoms with Gasteiger partial charge in [0, 0.05) is 18.3 Å². The van der Waals surface area contributed by atoms with Crippen LogP contribution in [0.25, 0.3) is 5.69 Å². The Morgan fingerprint density at radius 1 is 1.32 bits per heavy atom. The molecule has 0 aliphatic carbocycles. The zero-order chi connectivity index (χ0) is 16.4. The Bertz CT molecular complexity index is 709. The second kappa shape index (κ2) is 6.19. The highest BCUT2D eigenvalue weighted by molar-refractivity contribution is 6.30. The molecule has 116 valence electrons. The number of carbonyl (C=O) groups is 2. The van der Waals surface area contributed by atoms with Crippen LogP contribution in [0.5, 0.6) is 0 Å². The van der Waals surface area contributed by atoms with Gasteiger partial charge in [0.1, 0.15) is 6.04 Å². The van der Waals surface area contributed by atoms with Crippen molar-refractivity contribution in [3.05, 3.63) is 46.7 Å². The molecule has 0 spiro atoms. The fraction of sp³-hybridized carbons (Fsp3) is 0.267. The largest absolute Gasteiger partial charge is 0.480 e. The number of hydrogen-bond acceptors (Lipinski definition) is 3. The van der Waals surface area contributed by atoms with Crippen molar-refractivity contribution in [2.24, 2.45) is 0 Å². The number of halogens is 1. The van der Waals surface area contributed by atoms with E-state index < -0.39 is 12.0 Å². The van der Waals surface area contributed by atoms with E-state index >= 15 is 0 Å². The van der Waals surface area contributed by atoms with Crippen LogP contribution in [0.1, 0.15) is 23.0 Å². The van der Waals surface area contributed by atoms with Crippen LogP contribution in [0.3, 0.4) is 0 Å². The van der Waals surface area contributed by atoms with Crippen LogP contribution in [0.4, 0.5) is 0 Å². The van der Waals surface area contributed by atoms with Crippen LogP contribution in [0.15, 0.2) is 30.5 Å². The molecule has 2 aromatic rings. The normalized spacial score (nSPS) is 12.0. The summed E-state index contributed by atoms with van der Waals surface area (Å²) in [6.45, 7) is 3.16. The van der Waals surface area contributed by atoms with Gasteiger partial charge in [-0.3, -0.25) is 4.79 Å². The van der Waals surface area contributed by atoms with Crippen molar-refractivity contribution in [2.45, 2.75) is 19.9 Å². The molecule has 0 aliphatic heterocycles. The summed E-state index contributed by atoms with van der Waals surface area (Å²) in [5.41, 5.74) is 1.66. The van der Waals surface area contributed by atoms with Gasteiger partial charge < -0.3 is 10.0 Å². The number of aliphatic carboxylic acids is 1. The molecule has 6 nitrogen and oxygen atoms in total. The smallest absolute Gasteiger partial charge is 0.326 e. The van der Waals surface area contributed by atoms with Gasteiger partial charge in [-0.1, -0.05) is 11.6 Å². The number of amides is 1. The molecule has 0 aliphatic rings. The lowest BCUT2D eigenvalue weighted by Crippen LogP contribution is -2.40. The number of benzene rings is 1. The van der Waals surface area contributed by atoms with Crippen molar-refractivity contribution in [3.63, 3.8) is 0 Å². The highest BCUT2D eigenvalue weighted by Gasteiger charge is 2.25. The van der Waals surface area contributed by atoms with Gasteiger partial charge in [-0.25, -0.2) is 9.48 Å². The molecule has 2 rings (SSSR count). The summed E-state index contributed by atoms with van der Waals surface area (Å²) < 4.78 is 1.57. The average Bonchev–Trinajstić information content (AvgIpc) is 2.87. The predicted octanol–water partition coefficient (Wildman–Crippen LogP) is 2.38. The minimum Gasteiger partial charge on any atom is -0.480 e. The van der Waals surface area contributed by atoms with Crippen LogP contribution in [-0.2, 0) is 4.79 Å². The van der Waals surface area contributed by atoms with Gasteiger partial charge in [-0.15, -0.1) is 0 Å². The number of aromatic nitrogens is 2. The molecule has 1 aromatic carbocycles. The van der Waals surface area contributed by atoms with E-state index in [2.05, 4.69) is 5.10 Å². The number of hydrogen-bond donors (Lipinski definition) is 1. The van der Waals surface area contributed by atoms with Gasteiger partial charge in [-0.05, 0) is 38.1 Å². The molecule has 1 heterocycles. The van der Waals surface area contributed by atoms with Crippen molar-refractivity contribution >= 4 is 23.5 Å². The Hall–Kier alpha value is -2.34. The number of nitrogens with zero attached hydrogens (tertiary/aromatic N) is 3. The third-order valence-corrected chi connectivity index (χ3v) is 3.73. The second-order valence-corrected chi connectivity index (χ2v) is 5.42. The molecule has 0 bridgehead atoms. The van der Waals surface area contributed by atoms with E-state index in [1.165, 1.54) is 18.9 Å². The van der Waals surface area contributed by atoms with Crippen LogP contribution >= 0.6 is 11.6 Å². The minimum atomic E-state index is -1.06. The molecule has 7 heteroatoms. The molecule has 0 fully saturated rings. The van der Waals surface area contributed by atoms with Gasteiger partial charge >= 0.3 is 5.97 Å². The molecule has 1 N–H and O–H groups in total. The van der Waals surface area contributed by atoms with E-state index in [4.69, 9.17) is 16.7 Å². The standard InChI is InChI=1S/C15H16ClN3O3/c1-9-13(14(20)18(3)10(2)15(21)22)8-19(17-9)12-6-4-11(16)5-7-12/h4-8,10H,1-3H3,(H,21,22). The molecular weight excluding hydrogens is 306 g/mol. The second-order valence-electron chi connectivity index (χ2n) is 4.98. The summed E-state index contributed by atoms with van der Waals surface area (Å²) >= 11 is 5.85. The first-order valence-electron chi connectivity index (χ1n) is 6.63. The zero-order valence-corrected chi connectivity index (χ0v) is 13.2. The third-order valence-electron chi connectivity index (χ3n) is 3.48. The number of likely N-dealkylation sites (N-methyl/N-ethyl adjacent to an activating group) is 1. The summed E-state index contributed by atoms with van der Waals surface area (Å²) in [7, 11) is 1.46. The maximum absolute atomic E-state index is 12.4. The van der Waals surface area contributed by atoms with Crippen LogP contribution < -0.4 is 0 Å². The molecule has 0 radical (unpaired) electrons. The maximum atomic E-state index is 12.4. The van der Waals surface area contributed by atoms with E-state index in [0.29, 0.717) is 16.3 Å². The van der Waals surface area contributed by atoms with Crippen molar-refractivity contribution in [1.82, 2.24) is 14.7 Å². The van der Waals surface area contributed by atoms with Crippen molar-refractivity contribution in [1.29, 1.82) is 0 Å². The predicted molar refractivity (Wildman–Crippen MR) is 82.5 cm³/mol. The summed E-state index contributed by atoms with van der Waals surface area (Å²) in [5.74, 6) is -1.44. The maximum Gasteiger partial charge on any atom is 0.326 e. The zero-order valence-electron chi connectivity index (χ0n) is 12.4. The molecular formula is C15H16ClN3O3.